The minimum Gasteiger partial charge on any atom is -0.383 e. The van der Waals surface area contributed by atoms with Gasteiger partial charge in [0.25, 0.3) is 0 Å². The zero-order chi connectivity index (χ0) is 10.8. The standard InChI is InChI=1S/C11H12FN3/c1-2-8-7-14-15(11(8)13)10-5-3-9(12)4-6-10/h3-7H,2,13H2,1H3. The van der Waals surface area contributed by atoms with Crippen molar-refractivity contribution in [3.05, 3.63) is 41.8 Å². The third-order valence-electron chi connectivity index (χ3n) is 2.34. The highest BCUT2D eigenvalue weighted by Gasteiger charge is 2.06. The average molecular weight is 205 g/mol. The molecule has 0 fully saturated rings. The van der Waals surface area contributed by atoms with Crippen molar-refractivity contribution in [2.45, 2.75) is 13.3 Å². The zero-order valence-electron chi connectivity index (χ0n) is 8.44. The van der Waals surface area contributed by atoms with Gasteiger partial charge in [0.05, 0.1) is 11.9 Å². The lowest BCUT2D eigenvalue weighted by Gasteiger charge is -2.04. The molecule has 0 amide bonds. The van der Waals surface area contributed by atoms with Crippen molar-refractivity contribution in [3.63, 3.8) is 0 Å². The van der Waals surface area contributed by atoms with Crippen LogP contribution in [0.1, 0.15) is 12.5 Å². The molecular formula is C11H12FN3. The van der Waals surface area contributed by atoms with Crippen LogP contribution in [-0.4, -0.2) is 9.78 Å². The van der Waals surface area contributed by atoms with Crippen LogP contribution in [0.3, 0.4) is 0 Å². The second-order valence-electron chi connectivity index (χ2n) is 3.30. The molecule has 2 rings (SSSR count). The Kier molecular flexibility index (Phi) is 2.41. The SMILES string of the molecule is CCc1cnn(-c2ccc(F)cc2)c1N. The van der Waals surface area contributed by atoms with Crippen LogP contribution in [-0.2, 0) is 6.42 Å². The van der Waals surface area contributed by atoms with Gasteiger partial charge >= 0.3 is 0 Å². The lowest BCUT2D eigenvalue weighted by molar-refractivity contribution is 0.627. The Morgan fingerprint density at radius 3 is 2.53 bits per heavy atom. The molecule has 2 N–H and O–H groups in total. The maximum absolute atomic E-state index is 12.7. The smallest absolute Gasteiger partial charge is 0.130 e. The van der Waals surface area contributed by atoms with Crippen molar-refractivity contribution in [2.75, 3.05) is 5.73 Å². The summed E-state index contributed by atoms with van der Waals surface area (Å²) in [4.78, 5) is 0. The minimum atomic E-state index is -0.264. The van der Waals surface area contributed by atoms with E-state index in [0.717, 1.165) is 17.7 Å². The van der Waals surface area contributed by atoms with E-state index in [1.165, 1.54) is 12.1 Å². The molecular weight excluding hydrogens is 193 g/mol. The van der Waals surface area contributed by atoms with Crippen molar-refractivity contribution in [1.29, 1.82) is 0 Å². The largest absolute Gasteiger partial charge is 0.383 e. The van der Waals surface area contributed by atoms with Gasteiger partial charge in [0.15, 0.2) is 0 Å². The Morgan fingerprint density at radius 2 is 2.00 bits per heavy atom. The number of hydrogen-bond acceptors (Lipinski definition) is 2. The van der Waals surface area contributed by atoms with E-state index in [4.69, 9.17) is 5.73 Å². The van der Waals surface area contributed by atoms with Gasteiger partial charge in [-0.1, -0.05) is 6.92 Å². The molecule has 0 atom stereocenters. The van der Waals surface area contributed by atoms with Gasteiger partial charge in [0.2, 0.25) is 0 Å². The van der Waals surface area contributed by atoms with Crippen molar-refractivity contribution < 1.29 is 4.39 Å². The number of benzene rings is 1. The summed E-state index contributed by atoms with van der Waals surface area (Å²) < 4.78 is 14.3. The fourth-order valence-corrected chi connectivity index (χ4v) is 1.45. The molecule has 0 saturated heterocycles. The highest BCUT2D eigenvalue weighted by molar-refractivity contribution is 5.46. The average Bonchev–Trinajstić information content (AvgIpc) is 2.61. The molecule has 1 heterocycles. The molecule has 78 valence electrons. The number of halogens is 1. The Balaban J connectivity index is 2.45. The summed E-state index contributed by atoms with van der Waals surface area (Å²) in [6.45, 7) is 2.02. The van der Waals surface area contributed by atoms with E-state index in [0.29, 0.717) is 5.82 Å². The maximum atomic E-state index is 12.7. The van der Waals surface area contributed by atoms with Gasteiger partial charge in [-0.3, -0.25) is 0 Å². The van der Waals surface area contributed by atoms with E-state index in [1.54, 1.807) is 23.0 Å². The van der Waals surface area contributed by atoms with Crippen LogP contribution < -0.4 is 5.73 Å². The van der Waals surface area contributed by atoms with Gasteiger partial charge in [0, 0.05) is 5.56 Å². The third-order valence-corrected chi connectivity index (χ3v) is 2.34. The monoisotopic (exact) mass is 205 g/mol. The van der Waals surface area contributed by atoms with Gasteiger partial charge in [0.1, 0.15) is 11.6 Å². The molecule has 2 aromatic rings. The summed E-state index contributed by atoms with van der Waals surface area (Å²) in [5.41, 5.74) is 7.66. The van der Waals surface area contributed by atoms with E-state index >= 15 is 0 Å². The summed E-state index contributed by atoms with van der Waals surface area (Å²) in [6.07, 6.45) is 2.58. The lowest BCUT2D eigenvalue weighted by Crippen LogP contribution is -2.02. The minimum absolute atomic E-state index is 0.264. The molecule has 0 aliphatic rings. The molecule has 0 unspecified atom stereocenters. The molecule has 0 spiro atoms. The highest BCUT2D eigenvalue weighted by Crippen LogP contribution is 2.17. The number of rotatable bonds is 2. The zero-order valence-corrected chi connectivity index (χ0v) is 8.44. The molecule has 0 aliphatic carbocycles. The Bertz CT molecular complexity index is 459. The summed E-state index contributed by atoms with van der Waals surface area (Å²) in [5, 5.41) is 4.16. The van der Waals surface area contributed by atoms with Crippen molar-refractivity contribution in [3.8, 4) is 5.69 Å². The molecule has 0 bridgehead atoms. The molecule has 0 aliphatic heterocycles. The quantitative estimate of drug-likeness (QED) is 0.816. The van der Waals surface area contributed by atoms with Crippen LogP contribution in [0.25, 0.3) is 5.69 Å². The summed E-state index contributed by atoms with van der Waals surface area (Å²) in [7, 11) is 0. The van der Waals surface area contributed by atoms with Crippen molar-refractivity contribution >= 4 is 5.82 Å². The van der Waals surface area contributed by atoms with E-state index in [1.807, 2.05) is 6.92 Å². The van der Waals surface area contributed by atoms with Crippen LogP contribution in [0.15, 0.2) is 30.5 Å². The fourth-order valence-electron chi connectivity index (χ4n) is 1.45. The normalized spacial score (nSPS) is 10.5. The Morgan fingerprint density at radius 1 is 1.33 bits per heavy atom. The number of nitrogens with zero attached hydrogens (tertiary/aromatic N) is 2. The molecule has 4 heteroatoms. The first-order valence-corrected chi connectivity index (χ1v) is 4.80. The van der Waals surface area contributed by atoms with E-state index < -0.39 is 0 Å². The van der Waals surface area contributed by atoms with E-state index in [9.17, 15) is 4.39 Å². The predicted octanol–water partition coefficient (Wildman–Crippen LogP) is 2.16. The fraction of sp³-hybridized carbons (Fsp3) is 0.182. The number of aryl methyl sites for hydroxylation is 1. The topological polar surface area (TPSA) is 43.8 Å². The summed E-state index contributed by atoms with van der Waals surface area (Å²) in [6, 6.07) is 6.08. The van der Waals surface area contributed by atoms with E-state index in [2.05, 4.69) is 5.10 Å². The third kappa shape index (κ3) is 1.70. The molecule has 0 saturated carbocycles. The highest BCUT2D eigenvalue weighted by atomic mass is 19.1. The predicted molar refractivity (Wildman–Crippen MR) is 57.3 cm³/mol. The van der Waals surface area contributed by atoms with E-state index in [-0.39, 0.29) is 5.82 Å². The van der Waals surface area contributed by atoms with Gasteiger partial charge < -0.3 is 5.73 Å². The summed E-state index contributed by atoms with van der Waals surface area (Å²) >= 11 is 0. The molecule has 1 aromatic carbocycles. The van der Waals surface area contributed by atoms with Gasteiger partial charge in [-0.15, -0.1) is 0 Å². The lowest BCUT2D eigenvalue weighted by atomic mass is 10.2. The number of nitrogen functional groups attached to an aromatic ring is 1. The Hall–Kier alpha value is -1.84. The number of hydrogen-bond donors (Lipinski definition) is 1. The van der Waals surface area contributed by atoms with Crippen molar-refractivity contribution in [1.82, 2.24) is 9.78 Å². The molecule has 1 aromatic heterocycles. The number of aromatic nitrogens is 2. The van der Waals surface area contributed by atoms with Gasteiger partial charge in [-0.25, -0.2) is 9.07 Å². The van der Waals surface area contributed by atoms with Gasteiger partial charge in [-0.2, -0.15) is 5.10 Å². The van der Waals surface area contributed by atoms with Crippen LogP contribution in [0.5, 0.6) is 0 Å². The second kappa shape index (κ2) is 3.73. The van der Waals surface area contributed by atoms with Crippen LogP contribution in [0.2, 0.25) is 0 Å². The van der Waals surface area contributed by atoms with Crippen LogP contribution in [0.4, 0.5) is 10.2 Å². The first-order chi connectivity index (χ1) is 7.22. The molecule has 15 heavy (non-hydrogen) atoms. The summed E-state index contributed by atoms with van der Waals surface area (Å²) in [5.74, 6) is 0.351. The van der Waals surface area contributed by atoms with Crippen LogP contribution >= 0.6 is 0 Å². The Labute approximate surface area is 87.3 Å². The van der Waals surface area contributed by atoms with Gasteiger partial charge in [-0.05, 0) is 30.7 Å². The first-order valence-electron chi connectivity index (χ1n) is 4.80. The van der Waals surface area contributed by atoms with Crippen LogP contribution in [0, 0.1) is 5.82 Å². The maximum Gasteiger partial charge on any atom is 0.130 e. The number of nitrogens with two attached hydrogens (primary N) is 1. The molecule has 3 nitrogen and oxygen atoms in total. The second-order valence-corrected chi connectivity index (χ2v) is 3.30. The first kappa shape index (κ1) is 9.71. The number of anilines is 1. The van der Waals surface area contributed by atoms with Crippen molar-refractivity contribution in [2.24, 2.45) is 0 Å². The molecule has 0 radical (unpaired) electrons.